The van der Waals surface area contributed by atoms with Gasteiger partial charge in [-0.2, -0.15) is 0 Å². The summed E-state index contributed by atoms with van der Waals surface area (Å²) in [6.07, 6.45) is 2.92. The summed E-state index contributed by atoms with van der Waals surface area (Å²) in [5, 5.41) is 0.521. The summed E-state index contributed by atoms with van der Waals surface area (Å²) >= 11 is 0. The Labute approximate surface area is 218 Å². The van der Waals surface area contributed by atoms with Crippen molar-refractivity contribution in [1.82, 2.24) is 14.5 Å². The summed E-state index contributed by atoms with van der Waals surface area (Å²) in [6, 6.07) is 22.0. The first-order chi connectivity index (χ1) is 18.0. The molecule has 0 saturated carbocycles. The molecule has 6 nitrogen and oxygen atoms in total. The van der Waals surface area contributed by atoms with Crippen LogP contribution in [0.4, 0.5) is 0 Å². The van der Waals surface area contributed by atoms with E-state index in [2.05, 4.69) is 6.92 Å². The number of benzene rings is 3. The fourth-order valence-corrected chi connectivity index (χ4v) is 4.69. The predicted molar refractivity (Wildman–Crippen MR) is 149 cm³/mol. The molecular weight excluding hydrogens is 462 g/mol. The van der Waals surface area contributed by atoms with Gasteiger partial charge >= 0.3 is 0 Å². The van der Waals surface area contributed by atoms with Gasteiger partial charge < -0.3 is 9.64 Å². The van der Waals surface area contributed by atoms with Crippen LogP contribution in [0.1, 0.15) is 67.8 Å². The molecule has 0 aliphatic carbocycles. The number of carbonyl (C=O) groups is 1. The van der Waals surface area contributed by atoms with Gasteiger partial charge in [-0.15, -0.1) is 0 Å². The number of hydrogen-bond acceptors (Lipinski definition) is 4. The summed E-state index contributed by atoms with van der Waals surface area (Å²) in [4.78, 5) is 34.7. The van der Waals surface area contributed by atoms with Crippen molar-refractivity contribution < 1.29 is 9.53 Å². The van der Waals surface area contributed by atoms with Gasteiger partial charge in [-0.05, 0) is 63.1 Å². The highest BCUT2D eigenvalue weighted by Gasteiger charge is 2.28. The van der Waals surface area contributed by atoms with Crippen LogP contribution >= 0.6 is 0 Å². The maximum absolute atomic E-state index is 14.0. The minimum atomic E-state index is -0.462. The molecule has 192 valence electrons. The number of fused-ring (bicyclic) bond motifs is 1. The standard InChI is InChI=1S/C31H35N3O3/c1-5-7-14-21-33(30(35)24-16-9-8-15-22(24)3)23(4)29-32-26-18-11-10-17-25(26)31(36)34(29)27-19-12-13-20-28(27)37-6-2/h8-13,15-20,23H,5-7,14,21H2,1-4H3. The molecule has 1 unspecified atom stereocenters. The van der Waals surface area contributed by atoms with Crippen molar-refractivity contribution >= 4 is 16.8 Å². The van der Waals surface area contributed by atoms with Gasteiger partial charge in [-0.25, -0.2) is 4.98 Å². The first kappa shape index (κ1) is 26.1. The summed E-state index contributed by atoms with van der Waals surface area (Å²) in [6.45, 7) is 9.00. The van der Waals surface area contributed by atoms with Gasteiger partial charge in [0.05, 0.1) is 29.2 Å². The number of nitrogens with zero attached hydrogens (tertiary/aromatic N) is 3. The molecule has 1 atom stereocenters. The molecule has 4 aromatic rings. The largest absolute Gasteiger partial charge is 0.492 e. The molecule has 1 heterocycles. The molecule has 4 rings (SSSR count). The van der Waals surface area contributed by atoms with Crippen molar-refractivity contribution in [2.75, 3.05) is 13.2 Å². The summed E-state index contributed by atoms with van der Waals surface area (Å²) in [7, 11) is 0. The average molecular weight is 498 g/mol. The van der Waals surface area contributed by atoms with Crippen LogP contribution in [-0.2, 0) is 0 Å². The zero-order chi connectivity index (χ0) is 26.4. The lowest BCUT2D eigenvalue weighted by Crippen LogP contribution is -2.38. The molecule has 0 aliphatic rings. The van der Waals surface area contributed by atoms with Crippen LogP contribution < -0.4 is 10.3 Å². The molecule has 3 aromatic carbocycles. The van der Waals surface area contributed by atoms with Crippen LogP contribution in [0.15, 0.2) is 77.6 Å². The molecule has 0 N–H and O–H groups in total. The Balaban J connectivity index is 1.93. The quantitative estimate of drug-likeness (QED) is 0.235. The summed E-state index contributed by atoms with van der Waals surface area (Å²) in [5.41, 5.74) is 2.63. The Morgan fingerprint density at radius 3 is 2.43 bits per heavy atom. The zero-order valence-corrected chi connectivity index (χ0v) is 22.1. The molecule has 6 heteroatoms. The number of hydrogen-bond donors (Lipinski definition) is 0. The third-order valence-electron chi connectivity index (χ3n) is 6.69. The van der Waals surface area contributed by atoms with E-state index < -0.39 is 6.04 Å². The highest BCUT2D eigenvalue weighted by atomic mass is 16.5. The lowest BCUT2D eigenvalue weighted by Gasteiger charge is -2.31. The smallest absolute Gasteiger partial charge is 0.266 e. The van der Waals surface area contributed by atoms with E-state index in [0.717, 1.165) is 24.8 Å². The molecule has 37 heavy (non-hydrogen) atoms. The summed E-state index contributed by atoms with van der Waals surface area (Å²) in [5.74, 6) is 1.04. The van der Waals surface area contributed by atoms with E-state index in [1.165, 1.54) is 0 Å². The van der Waals surface area contributed by atoms with Gasteiger partial charge in [0, 0.05) is 12.1 Å². The predicted octanol–water partition coefficient (Wildman–Crippen LogP) is 6.49. The minimum Gasteiger partial charge on any atom is -0.492 e. The Morgan fingerprint density at radius 2 is 1.68 bits per heavy atom. The van der Waals surface area contributed by atoms with Crippen molar-refractivity contribution in [3.8, 4) is 11.4 Å². The van der Waals surface area contributed by atoms with E-state index in [0.29, 0.717) is 46.9 Å². The van der Waals surface area contributed by atoms with Crippen LogP contribution in [0, 0.1) is 6.92 Å². The first-order valence-corrected chi connectivity index (χ1v) is 13.1. The van der Waals surface area contributed by atoms with Gasteiger partial charge in [0.25, 0.3) is 11.5 Å². The van der Waals surface area contributed by atoms with Gasteiger partial charge in [-0.3, -0.25) is 14.2 Å². The van der Waals surface area contributed by atoms with E-state index in [4.69, 9.17) is 9.72 Å². The highest BCUT2D eigenvalue weighted by Crippen LogP contribution is 2.29. The molecule has 0 radical (unpaired) electrons. The number of unbranched alkanes of at least 4 members (excludes halogenated alkanes) is 2. The lowest BCUT2D eigenvalue weighted by molar-refractivity contribution is 0.0676. The monoisotopic (exact) mass is 497 g/mol. The molecule has 1 aromatic heterocycles. The zero-order valence-electron chi connectivity index (χ0n) is 22.1. The second-order valence-corrected chi connectivity index (χ2v) is 9.22. The molecule has 1 amide bonds. The van der Waals surface area contributed by atoms with Crippen molar-refractivity contribution in [1.29, 1.82) is 0 Å². The average Bonchev–Trinajstić information content (AvgIpc) is 2.91. The Hall–Kier alpha value is -3.93. The van der Waals surface area contributed by atoms with Gasteiger partial charge in [0.1, 0.15) is 11.6 Å². The van der Waals surface area contributed by atoms with Crippen molar-refractivity contribution in [3.63, 3.8) is 0 Å². The number of ether oxygens (including phenoxy) is 1. The van der Waals surface area contributed by atoms with E-state index in [9.17, 15) is 9.59 Å². The molecule has 0 spiro atoms. The lowest BCUT2D eigenvalue weighted by atomic mass is 10.1. The highest BCUT2D eigenvalue weighted by molar-refractivity contribution is 5.96. The Bertz CT molecular complexity index is 1440. The molecule has 0 saturated heterocycles. The second-order valence-electron chi connectivity index (χ2n) is 9.22. The summed E-state index contributed by atoms with van der Waals surface area (Å²) < 4.78 is 7.52. The Kier molecular flexibility index (Phi) is 8.39. The molecular formula is C31H35N3O3. The van der Waals surface area contributed by atoms with Gasteiger partial charge in [-0.1, -0.05) is 62.2 Å². The van der Waals surface area contributed by atoms with Crippen LogP contribution in [0.5, 0.6) is 5.75 Å². The maximum Gasteiger partial charge on any atom is 0.266 e. The van der Waals surface area contributed by atoms with Crippen molar-refractivity contribution in [2.45, 2.75) is 53.0 Å². The second kappa shape index (κ2) is 11.9. The number of carbonyl (C=O) groups excluding carboxylic acids is 1. The normalized spacial score (nSPS) is 11.9. The number of aromatic nitrogens is 2. The molecule has 0 bridgehead atoms. The van der Waals surface area contributed by atoms with Crippen LogP contribution in [0.3, 0.4) is 0 Å². The van der Waals surface area contributed by atoms with Crippen molar-refractivity contribution in [2.24, 2.45) is 0 Å². The van der Waals surface area contributed by atoms with E-state index in [1.54, 1.807) is 10.6 Å². The fourth-order valence-electron chi connectivity index (χ4n) is 4.69. The van der Waals surface area contributed by atoms with Crippen LogP contribution in [-0.4, -0.2) is 33.5 Å². The SMILES string of the molecule is CCCCCN(C(=O)c1ccccc1C)C(C)c1nc2ccccc2c(=O)n1-c1ccccc1OCC. The number of amides is 1. The van der Waals surface area contributed by atoms with Crippen LogP contribution in [0.25, 0.3) is 16.6 Å². The third kappa shape index (κ3) is 5.43. The Morgan fingerprint density at radius 1 is 0.973 bits per heavy atom. The number of aryl methyl sites for hydroxylation is 1. The number of rotatable bonds is 10. The fraction of sp³-hybridized carbons (Fsp3) is 0.323. The van der Waals surface area contributed by atoms with Gasteiger partial charge in [0.2, 0.25) is 0 Å². The van der Waals surface area contributed by atoms with Crippen molar-refractivity contribution in [3.05, 3.63) is 100 Å². The molecule has 0 fully saturated rings. The minimum absolute atomic E-state index is 0.0613. The number of para-hydroxylation sites is 3. The van der Waals surface area contributed by atoms with Crippen LogP contribution in [0.2, 0.25) is 0 Å². The molecule has 0 aliphatic heterocycles. The maximum atomic E-state index is 14.0. The van der Waals surface area contributed by atoms with Gasteiger partial charge in [0.15, 0.2) is 0 Å². The van der Waals surface area contributed by atoms with E-state index in [-0.39, 0.29) is 11.5 Å². The van der Waals surface area contributed by atoms with E-state index in [1.807, 2.05) is 92.4 Å². The first-order valence-electron chi connectivity index (χ1n) is 13.1. The van der Waals surface area contributed by atoms with E-state index >= 15 is 0 Å². The topological polar surface area (TPSA) is 64.4 Å². The third-order valence-corrected chi connectivity index (χ3v) is 6.69.